The molecule has 1 fully saturated rings. The molecule has 0 bridgehead atoms. The van der Waals surface area contributed by atoms with Gasteiger partial charge in [-0.05, 0) is 79.7 Å². The number of aromatic nitrogens is 1. The van der Waals surface area contributed by atoms with E-state index in [-0.39, 0.29) is 5.82 Å². The van der Waals surface area contributed by atoms with E-state index in [1.165, 1.54) is 44.1 Å². The molecular weight excluding hydrogens is 321 g/mol. The number of aryl methyl sites for hydroxylation is 1. The molecule has 1 saturated carbocycles. The topological polar surface area (TPSA) is 12.9 Å². The van der Waals surface area contributed by atoms with Gasteiger partial charge in [0.25, 0.3) is 0 Å². The van der Waals surface area contributed by atoms with E-state index in [0.29, 0.717) is 11.5 Å². The molecule has 1 heterocycles. The van der Waals surface area contributed by atoms with Crippen molar-refractivity contribution in [3.8, 4) is 11.3 Å². The predicted molar refractivity (Wildman–Crippen MR) is 108 cm³/mol. The predicted octanol–water partition coefficient (Wildman–Crippen LogP) is 7.30. The van der Waals surface area contributed by atoms with E-state index in [2.05, 4.69) is 24.9 Å². The molecule has 1 aliphatic rings. The van der Waals surface area contributed by atoms with Crippen LogP contribution in [0.25, 0.3) is 11.3 Å². The lowest BCUT2D eigenvalue weighted by Gasteiger charge is -2.28. The summed E-state index contributed by atoms with van der Waals surface area (Å²) in [5.41, 5.74) is 3.76. The van der Waals surface area contributed by atoms with Crippen molar-refractivity contribution in [2.24, 2.45) is 5.92 Å². The van der Waals surface area contributed by atoms with E-state index in [9.17, 15) is 4.39 Å². The largest absolute Gasteiger partial charge is 0.256 e. The average molecular weight is 354 g/mol. The van der Waals surface area contributed by atoms with Gasteiger partial charge in [-0.1, -0.05) is 45.2 Å². The highest BCUT2D eigenvalue weighted by Crippen LogP contribution is 2.37. The molecular formula is C24H32FN. The van der Waals surface area contributed by atoms with E-state index in [4.69, 9.17) is 0 Å². The zero-order chi connectivity index (χ0) is 18.4. The summed E-state index contributed by atoms with van der Waals surface area (Å²) in [5.74, 6) is 1.40. The number of unbranched alkanes of at least 4 members (excludes halogenated alkanes) is 1. The quantitative estimate of drug-likeness (QED) is 0.508. The average Bonchev–Trinajstić information content (AvgIpc) is 2.68. The van der Waals surface area contributed by atoms with Gasteiger partial charge in [0.1, 0.15) is 5.82 Å². The zero-order valence-electron chi connectivity index (χ0n) is 16.3. The molecule has 0 radical (unpaired) electrons. The number of nitrogens with zero attached hydrogens (tertiary/aromatic N) is 1. The molecule has 2 heteroatoms. The first kappa shape index (κ1) is 19.1. The number of hydrogen-bond donors (Lipinski definition) is 0. The first-order valence-corrected chi connectivity index (χ1v) is 10.5. The molecule has 0 aliphatic heterocycles. The van der Waals surface area contributed by atoms with Crippen LogP contribution in [0.3, 0.4) is 0 Å². The van der Waals surface area contributed by atoms with Crippen molar-refractivity contribution in [3.05, 3.63) is 53.5 Å². The maximum Gasteiger partial charge on any atom is 0.132 e. The van der Waals surface area contributed by atoms with E-state index in [1.807, 2.05) is 24.4 Å². The molecule has 2 aromatic rings. The Labute approximate surface area is 158 Å². The van der Waals surface area contributed by atoms with Crippen molar-refractivity contribution in [2.45, 2.75) is 77.6 Å². The van der Waals surface area contributed by atoms with Crippen LogP contribution in [0.4, 0.5) is 4.39 Å². The summed E-state index contributed by atoms with van der Waals surface area (Å²) in [6.07, 6.45) is 13.1. The van der Waals surface area contributed by atoms with Crippen molar-refractivity contribution >= 4 is 0 Å². The van der Waals surface area contributed by atoms with E-state index in [1.54, 1.807) is 6.07 Å². The molecule has 0 unspecified atom stereocenters. The summed E-state index contributed by atoms with van der Waals surface area (Å²) in [4.78, 5) is 4.59. The molecule has 1 aliphatic carbocycles. The van der Waals surface area contributed by atoms with Gasteiger partial charge in [-0.15, -0.1) is 0 Å². The van der Waals surface area contributed by atoms with Crippen LogP contribution in [-0.4, -0.2) is 4.98 Å². The second-order valence-corrected chi connectivity index (χ2v) is 7.90. The summed E-state index contributed by atoms with van der Waals surface area (Å²) in [6.45, 7) is 4.44. The van der Waals surface area contributed by atoms with Crippen molar-refractivity contribution < 1.29 is 4.39 Å². The molecule has 1 aromatic carbocycles. The molecule has 0 saturated heterocycles. The Morgan fingerprint density at radius 1 is 1.00 bits per heavy atom. The lowest BCUT2D eigenvalue weighted by atomic mass is 9.77. The summed E-state index contributed by atoms with van der Waals surface area (Å²) >= 11 is 0. The Morgan fingerprint density at radius 2 is 1.81 bits per heavy atom. The smallest absolute Gasteiger partial charge is 0.132 e. The van der Waals surface area contributed by atoms with Gasteiger partial charge in [0.15, 0.2) is 0 Å². The molecule has 0 N–H and O–H groups in total. The fraction of sp³-hybridized carbons (Fsp3) is 0.542. The second kappa shape index (κ2) is 9.30. The Bertz CT molecular complexity index is 684. The van der Waals surface area contributed by atoms with Gasteiger partial charge in [0.2, 0.25) is 0 Å². The zero-order valence-corrected chi connectivity index (χ0v) is 16.3. The number of hydrogen-bond acceptors (Lipinski definition) is 1. The fourth-order valence-electron chi connectivity index (χ4n) is 4.30. The number of benzene rings is 1. The SMILES string of the molecule is CCCCc1ccc(-c2ccc([C@H]3CC[C@H](CCC)CC3)cn2)c(F)c1. The Balaban J connectivity index is 1.66. The Hall–Kier alpha value is -1.70. The van der Waals surface area contributed by atoms with Crippen LogP contribution < -0.4 is 0 Å². The van der Waals surface area contributed by atoms with Crippen LogP contribution >= 0.6 is 0 Å². The number of pyridine rings is 1. The van der Waals surface area contributed by atoms with Crippen molar-refractivity contribution in [3.63, 3.8) is 0 Å². The fourth-order valence-corrected chi connectivity index (χ4v) is 4.30. The lowest BCUT2D eigenvalue weighted by Crippen LogP contribution is -2.13. The number of rotatable bonds is 7. The van der Waals surface area contributed by atoms with E-state index in [0.717, 1.165) is 36.4 Å². The van der Waals surface area contributed by atoms with Crippen LogP contribution in [0.15, 0.2) is 36.5 Å². The lowest BCUT2D eigenvalue weighted by molar-refractivity contribution is 0.308. The van der Waals surface area contributed by atoms with Gasteiger partial charge in [-0.2, -0.15) is 0 Å². The van der Waals surface area contributed by atoms with Crippen molar-refractivity contribution in [1.29, 1.82) is 0 Å². The van der Waals surface area contributed by atoms with E-state index < -0.39 is 0 Å². The summed E-state index contributed by atoms with van der Waals surface area (Å²) in [6, 6.07) is 9.77. The molecule has 3 rings (SSSR count). The third kappa shape index (κ3) is 4.72. The third-order valence-electron chi connectivity index (χ3n) is 5.93. The minimum absolute atomic E-state index is 0.154. The van der Waals surface area contributed by atoms with Crippen molar-refractivity contribution in [2.75, 3.05) is 0 Å². The molecule has 26 heavy (non-hydrogen) atoms. The first-order chi connectivity index (χ1) is 12.7. The molecule has 1 nitrogen and oxygen atoms in total. The van der Waals surface area contributed by atoms with Gasteiger partial charge in [-0.25, -0.2) is 4.39 Å². The number of halogens is 1. The monoisotopic (exact) mass is 353 g/mol. The maximum absolute atomic E-state index is 14.5. The van der Waals surface area contributed by atoms with Gasteiger partial charge in [0.05, 0.1) is 5.69 Å². The van der Waals surface area contributed by atoms with Gasteiger partial charge < -0.3 is 0 Å². The molecule has 1 aromatic heterocycles. The molecule has 140 valence electrons. The Morgan fingerprint density at radius 3 is 2.42 bits per heavy atom. The Kier molecular flexibility index (Phi) is 6.82. The normalized spacial score (nSPS) is 20.3. The molecule has 0 atom stereocenters. The van der Waals surface area contributed by atoms with E-state index >= 15 is 0 Å². The van der Waals surface area contributed by atoms with Crippen LogP contribution in [0.1, 0.15) is 82.3 Å². The van der Waals surface area contributed by atoms with Gasteiger partial charge in [0, 0.05) is 11.8 Å². The van der Waals surface area contributed by atoms with Crippen LogP contribution in [-0.2, 0) is 6.42 Å². The molecule has 0 amide bonds. The van der Waals surface area contributed by atoms with Crippen LogP contribution in [0, 0.1) is 11.7 Å². The first-order valence-electron chi connectivity index (χ1n) is 10.5. The molecule has 0 spiro atoms. The van der Waals surface area contributed by atoms with Crippen LogP contribution in [0.5, 0.6) is 0 Å². The summed E-state index contributed by atoms with van der Waals surface area (Å²) < 4.78 is 14.5. The summed E-state index contributed by atoms with van der Waals surface area (Å²) in [7, 11) is 0. The minimum atomic E-state index is -0.154. The highest BCUT2D eigenvalue weighted by Gasteiger charge is 2.22. The summed E-state index contributed by atoms with van der Waals surface area (Å²) in [5, 5.41) is 0. The van der Waals surface area contributed by atoms with Crippen LogP contribution in [0.2, 0.25) is 0 Å². The van der Waals surface area contributed by atoms with Gasteiger partial charge in [-0.3, -0.25) is 4.98 Å². The van der Waals surface area contributed by atoms with Crippen molar-refractivity contribution in [1.82, 2.24) is 4.98 Å². The third-order valence-corrected chi connectivity index (χ3v) is 5.93. The second-order valence-electron chi connectivity index (χ2n) is 7.90. The highest BCUT2D eigenvalue weighted by molar-refractivity contribution is 5.60. The standard InChI is InChI=1S/C24H32FN/c1-3-5-7-19-10-14-22(23(25)16-19)24-15-13-21(17-26-24)20-11-8-18(6-4-2)9-12-20/h10,13-18,20H,3-9,11-12H2,1-2H3/t18-,20-. The highest BCUT2D eigenvalue weighted by atomic mass is 19.1. The minimum Gasteiger partial charge on any atom is -0.256 e. The maximum atomic E-state index is 14.5. The van der Waals surface area contributed by atoms with Gasteiger partial charge >= 0.3 is 0 Å².